The Kier molecular flexibility index (Phi) is 3.92. The molecule has 0 radical (unpaired) electrons. The first kappa shape index (κ1) is 15.1. The van der Waals surface area contributed by atoms with Gasteiger partial charge >= 0.3 is 7.12 Å². The molecule has 1 aliphatic heterocycles. The number of hydrogen-bond donors (Lipinski definition) is 0. The van der Waals surface area contributed by atoms with Crippen LogP contribution in [0.15, 0.2) is 24.3 Å². The Morgan fingerprint density at radius 2 is 2.10 bits per heavy atom. The molecule has 1 aromatic rings. The topological polar surface area (TPSA) is 18.5 Å². The summed E-state index contributed by atoms with van der Waals surface area (Å²) in [5.74, 6) is 0. The second kappa shape index (κ2) is 5.44. The van der Waals surface area contributed by atoms with Gasteiger partial charge in [-0.2, -0.15) is 0 Å². The first-order valence-corrected chi connectivity index (χ1v) is 8.25. The summed E-state index contributed by atoms with van der Waals surface area (Å²) < 4.78 is 12.5. The van der Waals surface area contributed by atoms with Gasteiger partial charge in [0.15, 0.2) is 0 Å². The summed E-state index contributed by atoms with van der Waals surface area (Å²) in [6.07, 6.45) is 5.74. The summed E-state index contributed by atoms with van der Waals surface area (Å²) >= 11 is 0. The Labute approximate surface area is 129 Å². The van der Waals surface area contributed by atoms with Crippen molar-refractivity contribution in [2.75, 3.05) is 0 Å². The monoisotopic (exact) mass is 286 g/mol. The smallest absolute Gasteiger partial charge is 0.405 e. The molecule has 0 spiro atoms. The quantitative estimate of drug-likeness (QED) is 0.766. The van der Waals surface area contributed by atoms with Gasteiger partial charge < -0.3 is 9.31 Å². The zero-order valence-corrected chi connectivity index (χ0v) is 13.8. The van der Waals surface area contributed by atoms with Crippen LogP contribution in [0.1, 0.15) is 51.2 Å². The maximum Gasteiger partial charge on any atom is 0.457 e. The fourth-order valence-corrected chi connectivity index (χ4v) is 4.10. The molecule has 0 aromatic heterocycles. The lowest BCUT2D eigenvalue weighted by atomic mass is 9.69. The van der Waals surface area contributed by atoms with Gasteiger partial charge in [-0.15, -0.1) is 0 Å². The summed E-state index contributed by atoms with van der Waals surface area (Å²) in [7, 11) is -0.0330. The van der Waals surface area contributed by atoms with Crippen LogP contribution in [0.3, 0.4) is 0 Å². The second-order valence-corrected chi connectivity index (χ2v) is 7.89. The predicted molar refractivity (Wildman–Crippen MR) is 87.4 cm³/mol. The Balaban J connectivity index is 1.59. The van der Waals surface area contributed by atoms with Crippen molar-refractivity contribution in [3.63, 3.8) is 0 Å². The van der Waals surface area contributed by atoms with Gasteiger partial charge in [0.2, 0.25) is 0 Å². The third-order valence-electron chi connectivity index (χ3n) is 5.06. The van der Waals surface area contributed by atoms with Crippen molar-refractivity contribution in [3.05, 3.63) is 35.4 Å². The van der Waals surface area contributed by atoms with E-state index in [-0.39, 0.29) is 18.8 Å². The lowest BCUT2D eigenvalue weighted by Gasteiger charge is -2.43. The molecule has 3 rings (SSSR count). The predicted octanol–water partition coefficient (Wildman–Crippen LogP) is 4.41. The molecule has 21 heavy (non-hydrogen) atoms. The molecule has 2 aliphatic rings. The lowest BCUT2D eigenvalue weighted by Crippen LogP contribution is -2.45. The number of rotatable bonds is 3. The molecule has 1 aromatic carbocycles. The summed E-state index contributed by atoms with van der Waals surface area (Å²) in [5, 5.41) is 0. The second-order valence-electron chi connectivity index (χ2n) is 7.89. The molecule has 2 nitrogen and oxygen atoms in total. The van der Waals surface area contributed by atoms with E-state index in [0.717, 1.165) is 25.6 Å². The van der Waals surface area contributed by atoms with E-state index >= 15 is 0 Å². The van der Waals surface area contributed by atoms with Crippen molar-refractivity contribution in [1.82, 2.24) is 0 Å². The van der Waals surface area contributed by atoms with Gasteiger partial charge in [0, 0.05) is 0 Å². The van der Waals surface area contributed by atoms with Crippen LogP contribution in [-0.2, 0) is 15.7 Å². The Morgan fingerprint density at radius 1 is 1.29 bits per heavy atom. The van der Waals surface area contributed by atoms with Crippen LogP contribution in [0.4, 0.5) is 0 Å². The molecular weight excluding hydrogens is 259 g/mol. The lowest BCUT2D eigenvalue weighted by molar-refractivity contribution is -0.0297. The van der Waals surface area contributed by atoms with Gasteiger partial charge in [-0.3, -0.25) is 0 Å². The number of hydrogen-bond acceptors (Lipinski definition) is 2. The number of benzene rings is 1. The van der Waals surface area contributed by atoms with Gasteiger partial charge in [0.25, 0.3) is 0 Å². The minimum absolute atomic E-state index is 0.0330. The van der Waals surface area contributed by atoms with E-state index < -0.39 is 0 Å². The van der Waals surface area contributed by atoms with E-state index in [1.807, 2.05) is 0 Å². The normalized spacial score (nSPS) is 31.2. The Hall–Kier alpha value is -0.795. The molecule has 2 unspecified atom stereocenters. The largest absolute Gasteiger partial charge is 0.457 e. The SMILES string of the molecule is Cc1cccc(CCB2OC3CCC(C)(C)CC3(C)O2)c1. The van der Waals surface area contributed by atoms with Gasteiger partial charge in [0.1, 0.15) is 0 Å². The molecule has 1 saturated heterocycles. The van der Waals surface area contributed by atoms with Gasteiger partial charge in [-0.1, -0.05) is 43.7 Å². The third kappa shape index (κ3) is 3.35. The van der Waals surface area contributed by atoms with Gasteiger partial charge in [-0.05, 0) is 56.8 Å². The van der Waals surface area contributed by atoms with Gasteiger partial charge in [-0.25, -0.2) is 0 Å². The zero-order valence-electron chi connectivity index (χ0n) is 13.8. The van der Waals surface area contributed by atoms with Crippen LogP contribution in [0.5, 0.6) is 0 Å². The highest BCUT2D eigenvalue weighted by molar-refractivity contribution is 6.45. The molecule has 0 N–H and O–H groups in total. The van der Waals surface area contributed by atoms with E-state index in [0.29, 0.717) is 5.41 Å². The molecule has 1 heterocycles. The van der Waals surface area contributed by atoms with Crippen LogP contribution in [-0.4, -0.2) is 18.8 Å². The minimum atomic E-state index is -0.0843. The van der Waals surface area contributed by atoms with Crippen molar-refractivity contribution in [2.24, 2.45) is 5.41 Å². The molecule has 0 amide bonds. The van der Waals surface area contributed by atoms with Gasteiger partial charge in [0.05, 0.1) is 11.7 Å². The molecule has 0 bridgehead atoms. The maximum atomic E-state index is 6.32. The fourth-order valence-electron chi connectivity index (χ4n) is 4.10. The average molecular weight is 286 g/mol. The van der Waals surface area contributed by atoms with Crippen LogP contribution in [0.2, 0.25) is 6.32 Å². The van der Waals surface area contributed by atoms with E-state index in [2.05, 4.69) is 52.0 Å². The molecule has 2 atom stereocenters. The van der Waals surface area contributed by atoms with Crippen molar-refractivity contribution in [2.45, 2.75) is 71.4 Å². The van der Waals surface area contributed by atoms with E-state index in [1.165, 1.54) is 17.5 Å². The summed E-state index contributed by atoms with van der Waals surface area (Å²) in [6, 6.07) is 8.72. The van der Waals surface area contributed by atoms with E-state index in [4.69, 9.17) is 9.31 Å². The highest BCUT2D eigenvalue weighted by Crippen LogP contribution is 2.47. The van der Waals surface area contributed by atoms with Crippen molar-refractivity contribution in [3.8, 4) is 0 Å². The molecule has 2 fully saturated rings. The summed E-state index contributed by atoms with van der Waals surface area (Å²) in [4.78, 5) is 0. The van der Waals surface area contributed by atoms with Crippen LogP contribution < -0.4 is 0 Å². The Bertz CT molecular complexity index is 514. The standard InChI is InChI=1S/C18H27BO2/c1-14-6-5-7-15(12-14)9-11-19-20-16-8-10-17(2,3)13-18(16,4)21-19/h5-7,12,16H,8-11,13H2,1-4H3. The van der Waals surface area contributed by atoms with E-state index in [1.54, 1.807) is 0 Å². The van der Waals surface area contributed by atoms with E-state index in [9.17, 15) is 0 Å². The maximum absolute atomic E-state index is 6.32. The van der Waals surface area contributed by atoms with Crippen LogP contribution >= 0.6 is 0 Å². The molecule has 114 valence electrons. The molecule has 3 heteroatoms. The first-order valence-electron chi connectivity index (χ1n) is 8.25. The minimum Gasteiger partial charge on any atom is -0.405 e. The van der Waals surface area contributed by atoms with Crippen LogP contribution in [0, 0.1) is 12.3 Å². The number of aryl methyl sites for hydroxylation is 2. The number of fused-ring (bicyclic) bond motifs is 1. The highest BCUT2D eigenvalue weighted by atomic mass is 16.7. The summed E-state index contributed by atoms with van der Waals surface area (Å²) in [5.41, 5.74) is 2.99. The van der Waals surface area contributed by atoms with Crippen LogP contribution in [0.25, 0.3) is 0 Å². The first-order chi connectivity index (χ1) is 9.86. The summed E-state index contributed by atoms with van der Waals surface area (Å²) in [6.45, 7) is 9.07. The average Bonchev–Trinajstić information content (AvgIpc) is 2.70. The fraction of sp³-hybridized carbons (Fsp3) is 0.667. The molecular formula is C18H27BO2. The zero-order chi connectivity index (χ0) is 15.1. The van der Waals surface area contributed by atoms with Crippen molar-refractivity contribution in [1.29, 1.82) is 0 Å². The van der Waals surface area contributed by atoms with Crippen molar-refractivity contribution < 1.29 is 9.31 Å². The molecule has 1 aliphatic carbocycles. The third-order valence-corrected chi connectivity index (χ3v) is 5.06. The Morgan fingerprint density at radius 3 is 2.86 bits per heavy atom. The highest BCUT2D eigenvalue weighted by Gasteiger charge is 2.52. The van der Waals surface area contributed by atoms with Crippen molar-refractivity contribution >= 4 is 7.12 Å². The molecule has 1 saturated carbocycles.